The summed E-state index contributed by atoms with van der Waals surface area (Å²) in [4.78, 5) is 14.7. The zero-order chi connectivity index (χ0) is 27.7. The van der Waals surface area contributed by atoms with Crippen LogP contribution in [0.5, 0.6) is 5.75 Å². The second-order valence-corrected chi connectivity index (χ2v) is 10.9. The van der Waals surface area contributed by atoms with Crippen molar-refractivity contribution in [3.05, 3.63) is 114 Å². The van der Waals surface area contributed by atoms with Crippen LogP contribution >= 0.6 is 0 Å². The maximum atomic E-state index is 13.3. The summed E-state index contributed by atoms with van der Waals surface area (Å²) in [6.07, 6.45) is -0.178. The van der Waals surface area contributed by atoms with Crippen LogP contribution in [0.1, 0.15) is 36.1 Å². The average molecular weight is 548 g/mol. The molecule has 0 saturated carbocycles. The van der Waals surface area contributed by atoms with E-state index in [0.717, 1.165) is 0 Å². The number of amides is 1. The van der Waals surface area contributed by atoms with Gasteiger partial charge in [0.05, 0.1) is 23.0 Å². The minimum absolute atomic E-state index is 0.0513. The third kappa shape index (κ3) is 5.42. The van der Waals surface area contributed by atoms with Gasteiger partial charge in [-0.1, -0.05) is 54.6 Å². The molecule has 0 spiro atoms. The number of rotatable bonds is 8. The van der Waals surface area contributed by atoms with Crippen molar-refractivity contribution < 1.29 is 32.4 Å². The van der Waals surface area contributed by atoms with Gasteiger partial charge in [0.25, 0.3) is 10.1 Å². The van der Waals surface area contributed by atoms with E-state index in [2.05, 4.69) is 0 Å². The van der Waals surface area contributed by atoms with Gasteiger partial charge >= 0.3 is 0 Å². The molecule has 1 heterocycles. The number of benzene rings is 4. The van der Waals surface area contributed by atoms with Crippen molar-refractivity contribution in [2.24, 2.45) is 5.92 Å². The Balaban J connectivity index is 1.42. The summed E-state index contributed by atoms with van der Waals surface area (Å²) < 4.78 is 45.2. The van der Waals surface area contributed by atoms with Crippen LogP contribution in [0.25, 0.3) is 11.1 Å². The van der Waals surface area contributed by atoms with E-state index in [-0.39, 0.29) is 22.6 Å². The summed E-state index contributed by atoms with van der Waals surface area (Å²) in [6, 6.07) is 25.0. The lowest BCUT2D eigenvalue weighted by Gasteiger charge is -2.48. The molecule has 0 radical (unpaired) electrons. The van der Waals surface area contributed by atoms with Gasteiger partial charge in [-0.15, -0.1) is 0 Å². The molecular weight excluding hydrogens is 521 g/mol. The molecule has 0 unspecified atom stereocenters. The highest BCUT2D eigenvalue weighted by Crippen LogP contribution is 2.47. The maximum absolute atomic E-state index is 13.3. The molecule has 9 heteroatoms. The molecule has 1 saturated heterocycles. The topological polar surface area (TPSA) is 115 Å². The van der Waals surface area contributed by atoms with Crippen LogP contribution in [0.15, 0.2) is 102 Å². The number of aromatic hydroxyl groups is 1. The summed E-state index contributed by atoms with van der Waals surface area (Å²) in [5.74, 6) is -0.984. The number of nitrogens with zero attached hydrogens (tertiary/aromatic N) is 1. The third-order valence-electron chi connectivity index (χ3n) is 7.08. The molecule has 3 N–H and O–H groups in total. The molecule has 1 aliphatic rings. The second kappa shape index (κ2) is 10.6. The summed E-state index contributed by atoms with van der Waals surface area (Å²) in [6.45, 7) is 0. The summed E-state index contributed by atoms with van der Waals surface area (Å²) in [5, 5.41) is 21.5. The number of anilines is 1. The molecule has 1 amide bonds. The zero-order valence-electron chi connectivity index (χ0n) is 20.7. The van der Waals surface area contributed by atoms with E-state index in [9.17, 15) is 32.4 Å². The Morgan fingerprint density at radius 1 is 0.897 bits per heavy atom. The number of hydrogen-bond acceptors (Lipinski definition) is 5. The lowest BCUT2D eigenvalue weighted by molar-refractivity contribution is -0.131. The highest BCUT2D eigenvalue weighted by Gasteiger charge is 2.48. The quantitative estimate of drug-likeness (QED) is 0.194. The first-order chi connectivity index (χ1) is 18.6. The zero-order valence-corrected chi connectivity index (χ0v) is 21.5. The lowest BCUT2D eigenvalue weighted by Crippen LogP contribution is -2.55. The van der Waals surface area contributed by atoms with Crippen molar-refractivity contribution in [2.75, 3.05) is 4.90 Å². The Hall–Kier alpha value is -4.05. The molecule has 39 heavy (non-hydrogen) atoms. The first-order valence-corrected chi connectivity index (χ1v) is 13.8. The van der Waals surface area contributed by atoms with Crippen LogP contribution in [0.2, 0.25) is 0 Å². The van der Waals surface area contributed by atoms with E-state index < -0.39 is 28.0 Å². The van der Waals surface area contributed by atoms with E-state index in [4.69, 9.17) is 0 Å². The van der Waals surface area contributed by atoms with E-state index in [1.54, 1.807) is 17.0 Å². The molecule has 7 nitrogen and oxygen atoms in total. The normalized spacial score (nSPS) is 18.0. The van der Waals surface area contributed by atoms with Crippen LogP contribution in [0.3, 0.4) is 0 Å². The molecule has 200 valence electrons. The van der Waals surface area contributed by atoms with E-state index in [0.29, 0.717) is 40.8 Å². The van der Waals surface area contributed by atoms with E-state index >= 15 is 0 Å². The number of halogens is 1. The molecule has 0 bridgehead atoms. The van der Waals surface area contributed by atoms with Gasteiger partial charge in [-0.2, -0.15) is 8.42 Å². The Morgan fingerprint density at radius 3 is 2.18 bits per heavy atom. The van der Waals surface area contributed by atoms with Crippen molar-refractivity contribution in [1.82, 2.24) is 0 Å². The van der Waals surface area contributed by atoms with Gasteiger partial charge in [-0.3, -0.25) is 9.35 Å². The van der Waals surface area contributed by atoms with Crippen molar-refractivity contribution >= 4 is 21.7 Å². The monoisotopic (exact) mass is 547 g/mol. The highest BCUT2D eigenvalue weighted by atomic mass is 32.2. The van der Waals surface area contributed by atoms with Crippen molar-refractivity contribution in [3.63, 3.8) is 0 Å². The highest BCUT2D eigenvalue weighted by molar-refractivity contribution is 7.85. The average Bonchev–Trinajstić information content (AvgIpc) is 2.92. The first-order valence-electron chi connectivity index (χ1n) is 12.4. The van der Waals surface area contributed by atoms with Gasteiger partial charge in [0, 0.05) is 11.3 Å². The largest absolute Gasteiger partial charge is 0.507 e. The number of β-lactam (4-membered cyclic amide) rings is 1. The summed E-state index contributed by atoms with van der Waals surface area (Å²) in [5.41, 5.74) is 3.00. The van der Waals surface area contributed by atoms with Gasteiger partial charge in [0.15, 0.2) is 0 Å². The number of aliphatic hydroxyl groups is 1. The molecule has 1 aliphatic heterocycles. The van der Waals surface area contributed by atoms with Gasteiger partial charge in [0.2, 0.25) is 5.91 Å². The standard InChI is InChI=1S/C30H26FNO6S/c31-22-11-6-20(7-12-22)27(33)17-16-26-29(32(30(26)35)23-4-2-1-3-5-23)21-10-15-25(28(34)18-21)19-8-13-24(14-9-19)39(36,37)38/h1-15,18,26-27,29,33-34H,16-17H2,(H,36,37,38)/t26-,27+,29-/m1/s1. The molecule has 4 aromatic rings. The number of hydrogen-bond donors (Lipinski definition) is 3. The molecule has 5 rings (SSSR count). The van der Waals surface area contributed by atoms with Crippen LogP contribution < -0.4 is 4.90 Å². The van der Waals surface area contributed by atoms with Crippen LogP contribution in [0.4, 0.5) is 10.1 Å². The predicted molar refractivity (Wildman–Crippen MR) is 144 cm³/mol. The fraction of sp³-hybridized carbons (Fsp3) is 0.167. The van der Waals surface area contributed by atoms with Crippen LogP contribution in [-0.4, -0.2) is 29.1 Å². The van der Waals surface area contributed by atoms with E-state index in [1.165, 1.54) is 48.5 Å². The molecule has 0 aromatic heterocycles. The number of aliphatic hydroxyl groups excluding tert-OH is 1. The van der Waals surface area contributed by atoms with Gasteiger partial charge in [-0.05, 0) is 72.0 Å². The number of carbonyl (C=O) groups is 1. The number of phenols is 1. The Labute approximate surface area is 225 Å². The first kappa shape index (κ1) is 26.6. The molecule has 0 aliphatic carbocycles. The van der Waals surface area contributed by atoms with Gasteiger partial charge in [-0.25, -0.2) is 4.39 Å². The minimum Gasteiger partial charge on any atom is -0.507 e. The fourth-order valence-corrected chi connectivity index (χ4v) is 5.54. The van der Waals surface area contributed by atoms with Gasteiger partial charge < -0.3 is 15.1 Å². The van der Waals surface area contributed by atoms with Crippen molar-refractivity contribution in [3.8, 4) is 16.9 Å². The van der Waals surface area contributed by atoms with Crippen LogP contribution in [0, 0.1) is 11.7 Å². The molecule has 4 aromatic carbocycles. The van der Waals surface area contributed by atoms with Crippen molar-refractivity contribution in [1.29, 1.82) is 0 Å². The summed E-state index contributed by atoms with van der Waals surface area (Å²) in [7, 11) is -4.34. The lowest BCUT2D eigenvalue weighted by atomic mass is 9.78. The predicted octanol–water partition coefficient (Wildman–Crippen LogP) is 5.66. The Morgan fingerprint density at radius 2 is 1.56 bits per heavy atom. The Kier molecular flexibility index (Phi) is 7.22. The third-order valence-corrected chi connectivity index (χ3v) is 7.95. The number of para-hydroxylation sites is 1. The summed E-state index contributed by atoms with van der Waals surface area (Å²) >= 11 is 0. The van der Waals surface area contributed by atoms with E-state index in [1.807, 2.05) is 36.4 Å². The fourth-order valence-electron chi connectivity index (χ4n) is 5.06. The second-order valence-electron chi connectivity index (χ2n) is 9.52. The van der Waals surface area contributed by atoms with Crippen molar-refractivity contribution in [2.45, 2.75) is 29.9 Å². The molecular formula is C30H26FNO6S. The molecule has 3 atom stereocenters. The molecule has 1 fully saturated rings. The Bertz CT molecular complexity index is 1590. The maximum Gasteiger partial charge on any atom is 0.294 e. The number of phenolic OH excluding ortho intramolecular Hbond substituents is 1. The van der Waals surface area contributed by atoms with Gasteiger partial charge in [0.1, 0.15) is 11.6 Å². The SMILES string of the molecule is O=C1[C@H](CC[C@H](O)c2ccc(F)cc2)[C@@H](c2ccc(-c3ccc(S(=O)(=O)O)cc3)c(O)c2)N1c1ccccc1. The van der Waals surface area contributed by atoms with Crippen LogP contribution in [-0.2, 0) is 14.9 Å². The number of carbonyl (C=O) groups excluding carboxylic acids is 1. The smallest absolute Gasteiger partial charge is 0.294 e. The minimum atomic E-state index is -4.34.